The van der Waals surface area contributed by atoms with Gasteiger partial charge in [0.2, 0.25) is 0 Å². The van der Waals surface area contributed by atoms with E-state index in [0.717, 1.165) is 66.7 Å². The van der Waals surface area contributed by atoms with Crippen LogP contribution in [0.4, 0.5) is 0 Å². The Labute approximate surface area is 164 Å². The average molecular weight is 378 g/mol. The Morgan fingerprint density at radius 3 is 2.89 bits per heavy atom. The number of methoxy groups -OCH3 is 1. The number of benzene rings is 1. The minimum Gasteiger partial charge on any atom is -0.497 e. The summed E-state index contributed by atoms with van der Waals surface area (Å²) in [6, 6.07) is 6.10. The lowest BCUT2D eigenvalue weighted by atomic mass is 9.91. The second kappa shape index (κ2) is 7.00. The van der Waals surface area contributed by atoms with Crippen LogP contribution in [0.15, 0.2) is 18.2 Å². The first kappa shape index (κ1) is 17.3. The van der Waals surface area contributed by atoms with Gasteiger partial charge in [-0.25, -0.2) is 0 Å². The topological polar surface area (TPSA) is 82.8 Å². The molecule has 2 aliphatic rings. The molecular weight excluding hydrogens is 352 g/mol. The highest BCUT2D eigenvalue weighted by Crippen LogP contribution is 2.36. The standard InChI is InChI=1S/C22H26N4O2/c1-28-13-10-11-17-16(12-13)14-7-5-9-19(20(14)23-17)24-22(27)21-15-6-3-2-4-8-18(15)25-26-21/h10-12,19,23H,2-9H2,1H3,(H,24,27)(H,25,26)/t19-/m0/s1. The third kappa shape index (κ3) is 2.87. The molecule has 2 heterocycles. The number of amides is 1. The minimum absolute atomic E-state index is 0.00669. The molecule has 6 heteroatoms. The van der Waals surface area contributed by atoms with Crippen LogP contribution in [0, 0.1) is 0 Å². The molecule has 1 atom stereocenters. The normalized spacial score (nSPS) is 19.0. The van der Waals surface area contributed by atoms with Crippen molar-refractivity contribution in [3.05, 3.63) is 46.4 Å². The zero-order valence-corrected chi connectivity index (χ0v) is 16.2. The maximum Gasteiger partial charge on any atom is 0.272 e. The molecule has 0 aliphatic heterocycles. The van der Waals surface area contributed by atoms with Crippen LogP contribution >= 0.6 is 0 Å². The SMILES string of the molecule is COc1ccc2[nH]c3c(c2c1)CCC[C@@H]3NC(=O)c1n[nH]c2c1CCCCC2. The van der Waals surface area contributed by atoms with E-state index in [1.54, 1.807) is 7.11 Å². The van der Waals surface area contributed by atoms with Gasteiger partial charge < -0.3 is 15.0 Å². The van der Waals surface area contributed by atoms with E-state index >= 15 is 0 Å². The number of fused-ring (bicyclic) bond motifs is 4. The van der Waals surface area contributed by atoms with Gasteiger partial charge in [-0.2, -0.15) is 5.10 Å². The van der Waals surface area contributed by atoms with Crippen molar-refractivity contribution in [2.24, 2.45) is 0 Å². The largest absolute Gasteiger partial charge is 0.497 e. The summed E-state index contributed by atoms with van der Waals surface area (Å²) < 4.78 is 5.39. The molecular formula is C22H26N4O2. The van der Waals surface area contributed by atoms with Crippen molar-refractivity contribution >= 4 is 16.8 Å². The van der Waals surface area contributed by atoms with Crippen molar-refractivity contribution in [1.29, 1.82) is 0 Å². The number of hydrogen-bond donors (Lipinski definition) is 3. The van der Waals surface area contributed by atoms with E-state index in [-0.39, 0.29) is 11.9 Å². The van der Waals surface area contributed by atoms with Gasteiger partial charge >= 0.3 is 0 Å². The molecule has 146 valence electrons. The van der Waals surface area contributed by atoms with Crippen molar-refractivity contribution in [1.82, 2.24) is 20.5 Å². The minimum atomic E-state index is -0.0616. The van der Waals surface area contributed by atoms with E-state index in [4.69, 9.17) is 4.74 Å². The Morgan fingerprint density at radius 1 is 1.14 bits per heavy atom. The number of aromatic nitrogens is 3. The van der Waals surface area contributed by atoms with Crippen LogP contribution in [0.5, 0.6) is 5.75 Å². The van der Waals surface area contributed by atoms with Crippen LogP contribution in [0.3, 0.4) is 0 Å². The van der Waals surface area contributed by atoms with Gasteiger partial charge in [0.25, 0.3) is 5.91 Å². The zero-order chi connectivity index (χ0) is 19.1. The first-order chi connectivity index (χ1) is 13.7. The molecule has 1 amide bonds. The molecule has 0 unspecified atom stereocenters. The molecule has 0 saturated heterocycles. The van der Waals surface area contributed by atoms with Crippen LogP contribution in [0.1, 0.15) is 71.1 Å². The van der Waals surface area contributed by atoms with Gasteiger partial charge in [0.15, 0.2) is 5.69 Å². The molecule has 28 heavy (non-hydrogen) atoms. The lowest BCUT2D eigenvalue weighted by Gasteiger charge is -2.23. The smallest absolute Gasteiger partial charge is 0.272 e. The summed E-state index contributed by atoms with van der Waals surface area (Å²) in [5.74, 6) is 0.799. The summed E-state index contributed by atoms with van der Waals surface area (Å²) in [5.41, 5.74) is 6.37. The predicted molar refractivity (Wildman–Crippen MR) is 108 cm³/mol. The monoisotopic (exact) mass is 378 g/mol. The van der Waals surface area contributed by atoms with Crippen LogP contribution in [0.25, 0.3) is 10.9 Å². The number of carbonyl (C=O) groups excluding carboxylic acids is 1. The number of carbonyl (C=O) groups is 1. The molecule has 0 saturated carbocycles. The molecule has 3 N–H and O–H groups in total. The maximum absolute atomic E-state index is 13.1. The van der Waals surface area contributed by atoms with Crippen LogP contribution in [-0.4, -0.2) is 28.2 Å². The lowest BCUT2D eigenvalue weighted by Crippen LogP contribution is -2.32. The van der Waals surface area contributed by atoms with Crippen LogP contribution in [-0.2, 0) is 19.3 Å². The third-order valence-electron chi connectivity index (χ3n) is 6.24. The molecule has 1 aromatic carbocycles. The fourth-order valence-corrected chi connectivity index (χ4v) is 4.79. The lowest BCUT2D eigenvalue weighted by molar-refractivity contribution is 0.0926. The van der Waals surface area contributed by atoms with Gasteiger partial charge in [0, 0.05) is 27.9 Å². The van der Waals surface area contributed by atoms with Crippen molar-refractivity contribution < 1.29 is 9.53 Å². The fourth-order valence-electron chi connectivity index (χ4n) is 4.79. The Kier molecular flexibility index (Phi) is 4.34. The van der Waals surface area contributed by atoms with Gasteiger partial charge in [0.1, 0.15) is 5.75 Å². The van der Waals surface area contributed by atoms with Gasteiger partial charge in [0.05, 0.1) is 13.2 Å². The number of nitrogens with zero attached hydrogens (tertiary/aromatic N) is 1. The fraction of sp³-hybridized carbons (Fsp3) is 0.455. The van der Waals surface area contributed by atoms with Gasteiger partial charge in [-0.05, 0) is 68.7 Å². The first-order valence-electron chi connectivity index (χ1n) is 10.3. The van der Waals surface area contributed by atoms with Crippen molar-refractivity contribution in [2.45, 2.75) is 57.4 Å². The van der Waals surface area contributed by atoms with Crippen LogP contribution < -0.4 is 10.1 Å². The van der Waals surface area contributed by atoms with Crippen LogP contribution in [0.2, 0.25) is 0 Å². The van der Waals surface area contributed by atoms with E-state index in [2.05, 4.69) is 32.6 Å². The summed E-state index contributed by atoms with van der Waals surface area (Å²) in [6.45, 7) is 0. The maximum atomic E-state index is 13.1. The molecule has 6 nitrogen and oxygen atoms in total. The number of hydrogen-bond acceptors (Lipinski definition) is 3. The molecule has 2 aliphatic carbocycles. The number of rotatable bonds is 3. The summed E-state index contributed by atoms with van der Waals surface area (Å²) in [4.78, 5) is 16.6. The Balaban J connectivity index is 1.44. The number of nitrogens with one attached hydrogen (secondary N) is 3. The summed E-state index contributed by atoms with van der Waals surface area (Å²) in [5, 5.41) is 11.9. The average Bonchev–Trinajstić information content (AvgIpc) is 3.21. The Morgan fingerprint density at radius 2 is 2.00 bits per heavy atom. The quantitative estimate of drug-likeness (QED) is 0.603. The van der Waals surface area contributed by atoms with E-state index in [1.807, 2.05) is 6.07 Å². The summed E-state index contributed by atoms with van der Waals surface area (Å²) in [7, 11) is 1.69. The highest BCUT2D eigenvalue weighted by atomic mass is 16.5. The number of aromatic amines is 2. The van der Waals surface area contributed by atoms with E-state index in [1.165, 1.54) is 23.8 Å². The summed E-state index contributed by atoms with van der Waals surface area (Å²) in [6.07, 6.45) is 8.46. The van der Waals surface area contributed by atoms with Crippen molar-refractivity contribution in [3.63, 3.8) is 0 Å². The van der Waals surface area contributed by atoms with Gasteiger partial charge in [-0.1, -0.05) is 6.42 Å². The van der Waals surface area contributed by atoms with Crippen molar-refractivity contribution in [3.8, 4) is 5.75 Å². The Bertz CT molecular complexity index is 1030. The molecule has 0 fully saturated rings. The molecule has 0 bridgehead atoms. The zero-order valence-electron chi connectivity index (χ0n) is 16.2. The van der Waals surface area contributed by atoms with E-state index < -0.39 is 0 Å². The van der Waals surface area contributed by atoms with E-state index in [9.17, 15) is 4.79 Å². The van der Waals surface area contributed by atoms with Gasteiger partial charge in [-0.15, -0.1) is 0 Å². The van der Waals surface area contributed by atoms with Gasteiger partial charge in [-0.3, -0.25) is 9.89 Å². The molecule has 2 aromatic heterocycles. The summed E-state index contributed by atoms with van der Waals surface area (Å²) >= 11 is 0. The molecule has 0 spiro atoms. The second-order valence-corrected chi connectivity index (χ2v) is 7.94. The van der Waals surface area contributed by atoms with E-state index in [0.29, 0.717) is 5.69 Å². The highest BCUT2D eigenvalue weighted by Gasteiger charge is 2.28. The molecule has 5 rings (SSSR count). The number of ether oxygens (including phenoxy) is 1. The number of aryl methyl sites for hydroxylation is 2. The highest BCUT2D eigenvalue weighted by molar-refractivity contribution is 5.94. The number of H-pyrrole nitrogens is 2. The Hall–Kier alpha value is -2.76. The second-order valence-electron chi connectivity index (χ2n) is 7.94. The molecule has 3 aromatic rings. The predicted octanol–water partition coefficient (Wildman–Crippen LogP) is 3.98. The first-order valence-corrected chi connectivity index (χ1v) is 10.3. The molecule has 0 radical (unpaired) electrons. The van der Waals surface area contributed by atoms with Crippen molar-refractivity contribution in [2.75, 3.05) is 7.11 Å². The third-order valence-corrected chi connectivity index (χ3v) is 6.24.